The third kappa shape index (κ3) is 3.41. The standard InChI is InChI=1S/C23H16F2N2O3/c1-30-16-10-8-14(9-11-16)17-13-15-5-2-3-12-27(15)21(17)22(28)23(29)26-20-18(24)6-4-7-19(20)25/h2-13H,1H3,(H,26,29). The molecule has 1 amide bonds. The number of hydrogen-bond donors (Lipinski definition) is 1. The number of ether oxygens (including phenoxy) is 1. The van der Waals surface area contributed by atoms with Crippen LogP contribution in [0.3, 0.4) is 0 Å². The summed E-state index contributed by atoms with van der Waals surface area (Å²) in [6, 6.07) is 17.2. The number of amides is 1. The molecule has 0 unspecified atom stereocenters. The zero-order valence-corrected chi connectivity index (χ0v) is 15.9. The lowest BCUT2D eigenvalue weighted by atomic mass is 10.0. The van der Waals surface area contributed by atoms with Crippen LogP contribution >= 0.6 is 0 Å². The minimum atomic E-state index is -1.14. The van der Waals surface area contributed by atoms with Gasteiger partial charge in [0.05, 0.1) is 7.11 Å². The summed E-state index contributed by atoms with van der Waals surface area (Å²) in [4.78, 5) is 25.7. The first-order valence-corrected chi connectivity index (χ1v) is 9.04. The van der Waals surface area contributed by atoms with E-state index in [1.165, 1.54) is 6.07 Å². The van der Waals surface area contributed by atoms with Crippen molar-refractivity contribution < 1.29 is 23.1 Å². The first kappa shape index (κ1) is 19.3. The summed E-state index contributed by atoms with van der Waals surface area (Å²) in [5.41, 5.74) is 1.31. The number of anilines is 1. The summed E-state index contributed by atoms with van der Waals surface area (Å²) in [5, 5.41) is 2.06. The van der Waals surface area contributed by atoms with Crippen molar-refractivity contribution in [3.05, 3.63) is 90.3 Å². The van der Waals surface area contributed by atoms with Crippen molar-refractivity contribution in [3.63, 3.8) is 0 Å². The van der Waals surface area contributed by atoms with E-state index in [1.807, 2.05) is 0 Å². The van der Waals surface area contributed by atoms with Gasteiger partial charge in [-0.25, -0.2) is 8.78 Å². The zero-order chi connectivity index (χ0) is 21.3. The molecule has 0 fully saturated rings. The molecule has 0 aliphatic rings. The van der Waals surface area contributed by atoms with Crippen molar-refractivity contribution in [1.29, 1.82) is 0 Å². The number of halogens is 2. The van der Waals surface area contributed by atoms with E-state index in [0.717, 1.165) is 12.1 Å². The third-order valence-electron chi connectivity index (χ3n) is 4.70. The molecule has 4 aromatic rings. The monoisotopic (exact) mass is 406 g/mol. The van der Waals surface area contributed by atoms with E-state index < -0.39 is 29.0 Å². The predicted molar refractivity (Wildman–Crippen MR) is 109 cm³/mol. The molecule has 2 aromatic heterocycles. The molecule has 5 nitrogen and oxygen atoms in total. The Labute approximate surface area is 170 Å². The molecule has 0 spiro atoms. The molecule has 150 valence electrons. The van der Waals surface area contributed by atoms with Gasteiger partial charge in [-0.2, -0.15) is 0 Å². The quantitative estimate of drug-likeness (QED) is 0.386. The van der Waals surface area contributed by atoms with Crippen LogP contribution in [0.15, 0.2) is 72.9 Å². The summed E-state index contributed by atoms with van der Waals surface area (Å²) in [5.74, 6) is -3.35. The van der Waals surface area contributed by atoms with Crippen molar-refractivity contribution in [1.82, 2.24) is 4.40 Å². The second kappa shape index (κ2) is 7.79. The predicted octanol–water partition coefficient (Wildman–Crippen LogP) is 4.71. The number of nitrogens with one attached hydrogen (secondary N) is 1. The van der Waals surface area contributed by atoms with Crippen LogP contribution < -0.4 is 10.1 Å². The van der Waals surface area contributed by atoms with Crippen LogP contribution in [-0.2, 0) is 4.79 Å². The van der Waals surface area contributed by atoms with Gasteiger partial charge in [0.15, 0.2) is 0 Å². The van der Waals surface area contributed by atoms with Gasteiger partial charge in [-0.1, -0.05) is 24.3 Å². The largest absolute Gasteiger partial charge is 0.497 e. The Morgan fingerprint density at radius 1 is 0.933 bits per heavy atom. The van der Waals surface area contributed by atoms with E-state index in [9.17, 15) is 18.4 Å². The van der Waals surface area contributed by atoms with Crippen molar-refractivity contribution in [3.8, 4) is 16.9 Å². The lowest BCUT2D eigenvalue weighted by Gasteiger charge is -2.09. The van der Waals surface area contributed by atoms with E-state index >= 15 is 0 Å². The molecule has 0 atom stereocenters. The number of Topliss-reactive ketones (excluding diaryl/α,β-unsaturated/α-hetero) is 1. The number of nitrogens with zero attached hydrogens (tertiary/aromatic N) is 1. The maximum atomic E-state index is 13.9. The van der Waals surface area contributed by atoms with Gasteiger partial charge in [-0.3, -0.25) is 9.59 Å². The molecule has 1 N–H and O–H groups in total. The molecule has 0 bridgehead atoms. The molecular weight excluding hydrogens is 390 g/mol. The highest BCUT2D eigenvalue weighted by Crippen LogP contribution is 2.30. The van der Waals surface area contributed by atoms with Gasteiger partial charge in [0.25, 0.3) is 11.7 Å². The van der Waals surface area contributed by atoms with E-state index in [2.05, 4.69) is 5.32 Å². The Morgan fingerprint density at radius 3 is 2.30 bits per heavy atom. The summed E-state index contributed by atoms with van der Waals surface area (Å²) in [6.07, 6.45) is 1.65. The summed E-state index contributed by atoms with van der Waals surface area (Å²) >= 11 is 0. The first-order chi connectivity index (χ1) is 14.5. The number of hydrogen-bond acceptors (Lipinski definition) is 3. The highest BCUT2D eigenvalue weighted by Gasteiger charge is 2.26. The van der Waals surface area contributed by atoms with Gasteiger partial charge in [-0.05, 0) is 48.0 Å². The number of benzene rings is 2. The lowest BCUT2D eigenvalue weighted by molar-refractivity contribution is -0.112. The van der Waals surface area contributed by atoms with Crippen LogP contribution in [0.25, 0.3) is 16.6 Å². The van der Waals surface area contributed by atoms with Crippen molar-refractivity contribution in [2.24, 2.45) is 0 Å². The molecule has 7 heteroatoms. The number of fused-ring (bicyclic) bond motifs is 1. The SMILES string of the molecule is COc1ccc(-c2cc3ccccn3c2C(=O)C(=O)Nc2c(F)cccc2F)cc1. The fourth-order valence-electron chi connectivity index (χ4n) is 3.24. The van der Waals surface area contributed by atoms with Gasteiger partial charge in [0, 0.05) is 17.3 Å². The molecule has 0 aliphatic heterocycles. The molecule has 0 saturated carbocycles. The minimum Gasteiger partial charge on any atom is -0.497 e. The van der Waals surface area contributed by atoms with E-state index in [4.69, 9.17) is 4.74 Å². The normalized spacial score (nSPS) is 10.8. The van der Waals surface area contributed by atoms with Crippen molar-refractivity contribution in [2.75, 3.05) is 12.4 Å². The van der Waals surface area contributed by atoms with E-state index in [-0.39, 0.29) is 5.69 Å². The fraction of sp³-hybridized carbons (Fsp3) is 0.0435. The Kier molecular flexibility index (Phi) is 5.02. The second-order valence-electron chi connectivity index (χ2n) is 6.51. The zero-order valence-electron chi connectivity index (χ0n) is 15.9. The summed E-state index contributed by atoms with van der Waals surface area (Å²) in [7, 11) is 1.54. The Balaban J connectivity index is 1.78. The van der Waals surface area contributed by atoms with Crippen LogP contribution in [0.5, 0.6) is 5.75 Å². The van der Waals surface area contributed by atoms with Gasteiger partial charge in [-0.15, -0.1) is 0 Å². The number of para-hydroxylation sites is 1. The Morgan fingerprint density at radius 2 is 1.63 bits per heavy atom. The topological polar surface area (TPSA) is 59.8 Å². The maximum Gasteiger partial charge on any atom is 0.298 e. The summed E-state index contributed by atoms with van der Waals surface area (Å²) in [6.45, 7) is 0. The van der Waals surface area contributed by atoms with Crippen LogP contribution in [0.4, 0.5) is 14.5 Å². The van der Waals surface area contributed by atoms with Gasteiger partial charge in [0.2, 0.25) is 0 Å². The van der Waals surface area contributed by atoms with E-state index in [1.54, 1.807) is 66.2 Å². The van der Waals surface area contributed by atoms with Gasteiger partial charge < -0.3 is 14.5 Å². The number of carbonyl (C=O) groups excluding carboxylic acids is 2. The second-order valence-corrected chi connectivity index (χ2v) is 6.51. The highest BCUT2D eigenvalue weighted by molar-refractivity contribution is 6.47. The van der Waals surface area contributed by atoms with Gasteiger partial charge >= 0.3 is 0 Å². The Hall–Kier alpha value is -4.00. The number of ketones is 1. The number of pyridine rings is 1. The number of carbonyl (C=O) groups is 2. The molecule has 0 radical (unpaired) electrons. The molecular formula is C23H16F2N2O3. The molecule has 0 saturated heterocycles. The van der Waals surface area contributed by atoms with Crippen molar-refractivity contribution in [2.45, 2.75) is 0 Å². The molecule has 2 heterocycles. The van der Waals surface area contributed by atoms with Crippen LogP contribution in [0.2, 0.25) is 0 Å². The average molecular weight is 406 g/mol. The van der Waals surface area contributed by atoms with Crippen LogP contribution in [-0.4, -0.2) is 23.2 Å². The Bertz CT molecular complexity index is 1240. The lowest BCUT2D eigenvalue weighted by Crippen LogP contribution is -2.25. The highest BCUT2D eigenvalue weighted by atomic mass is 19.1. The average Bonchev–Trinajstić information content (AvgIpc) is 3.15. The first-order valence-electron chi connectivity index (χ1n) is 9.04. The fourth-order valence-corrected chi connectivity index (χ4v) is 3.24. The molecule has 4 rings (SSSR count). The number of methoxy groups -OCH3 is 1. The minimum absolute atomic E-state index is 0.0880. The van der Waals surface area contributed by atoms with Crippen LogP contribution in [0, 0.1) is 11.6 Å². The smallest absolute Gasteiger partial charge is 0.298 e. The van der Waals surface area contributed by atoms with E-state index in [0.29, 0.717) is 22.4 Å². The number of aromatic nitrogens is 1. The van der Waals surface area contributed by atoms with Gasteiger partial charge in [0.1, 0.15) is 28.8 Å². The van der Waals surface area contributed by atoms with Crippen LogP contribution in [0.1, 0.15) is 10.5 Å². The molecule has 2 aromatic carbocycles. The third-order valence-corrected chi connectivity index (χ3v) is 4.70. The molecule has 0 aliphatic carbocycles. The molecule has 30 heavy (non-hydrogen) atoms. The number of rotatable bonds is 5. The summed E-state index contributed by atoms with van der Waals surface area (Å²) < 4.78 is 34.5. The maximum absolute atomic E-state index is 13.9. The van der Waals surface area contributed by atoms with Crippen molar-refractivity contribution >= 4 is 22.9 Å².